The number of rotatable bonds is 4. The van der Waals surface area contributed by atoms with E-state index in [9.17, 15) is 0 Å². The minimum absolute atomic E-state index is 0.0551. The summed E-state index contributed by atoms with van der Waals surface area (Å²) in [5.41, 5.74) is 4.02. The molecule has 0 saturated heterocycles. The molecule has 4 aliphatic carbocycles. The van der Waals surface area contributed by atoms with Crippen molar-refractivity contribution < 1.29 is 4.74 Å². The number of fused-ring (bicyclic) bond motifs is 2. The number of para-hydroxylation sites is 2. The van der Waals surface area contributed by atoms with E-state index < -0.39 is 0 Å². The minimum Gasteiger partial charge on any atom is -0.482 e. The molecule has 3 nitrogen and oxygen atoms in total. The zero-order valence-electron chi connectivity index (χ0n) is 20.2. The fraction of sp³-hybridized carbons (Fsp3) is 0.406. The van der Waals surface area contributed by atoms with Gasteiger partial charge in [-0.05, 0) is 79.7 Å². The highest BCUT2D eigenvalue weighted by molar-refractivity contribution is 5.65. The second-order valence-electron chi connectivity index (χ2n) is 10.9. The minimum atomic E-state index is 0.0551. The molecule has 2 heterocycles. The average Bonchev–Trinajstić information content (AvgIpc) is 3.78. The van der Waals surface area contributed by atoms with E-state index in [2.05, 4.69) is 96.1 Å². The normalized spacial score (nSPS) is 35.1. The molecule has 0 spiro atoms. The zero-order chi connectivity index (χ0) is 23.2. The highest BCUT2D eigenvalue weighted by Crippen LogP contribution is 2.43. The standard InChI is InChI=1S/C32H34N2O/c1-3-13-31-29(11-1)34(30-12-2-4-14-32(30)35-31)27-10-6-8-24(20-27)23-7-5-9-25(19-23)28-18-17-26(21-33-28)22-15-16-22/h1-8,10-14,19,21-22,25-29,31H,9,15-18,20H2. The molecule has 0 N–H and O–H groups in total. The predicted molar refractivity (Wildman–Crippen MR) is 144 cm³/mol. The third-order valence-electron chi connectivity index (χ3n) is 8.66. The van der Waals surface area contributed by atoms with Crippen molar-refractivity contribution >= 4 is 11.9 Å². The van der Waals surface area contributed by atoms with Crippen LogP contribution in [0.4, 0.5) is 5.69 Å². The second-order valence-corrected chi connectivity index (χ2v) is 10.9. The quantitative estimate of drug-likeness (QED) is 0.493. The molecule has 3 heteroatoms. The molecule has 178 valence electrons. The maximum atomic E-state index is 6.35. The van der Waals surface area contributed by atoms with E-state index in [1.54, 1.807) is 0 Å². The lowest BCUT2D eigenvalue weighted by Gasteiger charge is -2.46. The fourth-order valence-corrected chi connectivity index (χ4v) is 6.61. The van der Waals surface area contributed by atoms with Crippen LogP contribution in [0.3, 0.4) is 0 Å². The van der Waals surface area contributed by atoms with Gasteiger partial charge >= 0.3 is 0 Å². The Morgan fingerprint density at radius 1 is 0.914 bits per heavy atom. The van der Waals surface area contributed by atoms with Gasteiger partial charge in [-0.3, -0.25) is 4.99 Å². The third-order valence-corrected chi connectivity index (χ3v) is 8.66. The van der Waals surface area contributed by atoms with Crippen LogP contribution >= 0.6 is 0 Å². The molecule has 6 atom stereocenters. The number of ether oxygens (including phenoxy) is 1. The maximum Gasteiger partial charge on any atom is 0.143 e. The molecule has 1 aromatic rings. The summed E-state index contributed by atoms with van der Waals surface area (Å²) in [5, 5.41) is 0. The van der Waals surface area contributed by atoms with Crippen LogP contribution in [0.2, 0.25) is 0 Å². The Morgan fingerprint density at radius 2 is 1.83 bits per heavy atom. The average molecular weight is 463 g/mol. The highest BCUT2D eigenvalue weighted by atomic mass is 16.5. The predicted octanol–water partition coefficient (Wildman–Crippen LogP) is 6.77. The van der Waals surface area contributed by atoms with E-state index in [0.717, 1.165) is 30.4 Å². The Balaban J connectivity index is 1.12. The first-order chi connectivity index (χ1) is 17.3. The van der Waals surface area contributed by atoms with Crippen LogP contribution in [0, 0.1) is 17.8 Å². The van der Waals surface area contributed by atoms with Crippen molar-refractivity contribution in [3.8, 4) is 5.75 Å². The van der Waals surface area contributed by atoms with Gasteiger partial charge in [0.05, 0.1) is 23.8 Å². The number of nitrogens with zero attached hydrogens (tertiary/aromatic N) is 2. The molecule has 6 aliphatic rings. The first-order valence-electron chi connectivity index (χ1n) is 13.5. The fourth-order valence-electron chi connectivity index (χ4n) is 6.61. The van der Waals surface area contributed by atoms with E-state index in [-0.39, 0.29) is 12.1 Å². The Hall–Kier alpha value is -3.07. The first-order valence-corrected chi connectivity index (χ1v) is 13.5. The Bertz CT molecular complexity index is 1190. The third kappa shape index (κ3) is 4.05. The molecule has 1 fully saturated rings. The van der Waals surface area contributed by atoms with Crippen molar-refractivity contribution in [3.05, 3.63) is 96.2 Å². The maximum absolute atomic E-state index is 6.35. The molecule has 1 aromatic carbocycles. The number of allylic oxidation sites excluding steroid dienone is 7. The molecule has 6 unspecified atom stereocenters. The van der Waals surface area contributed by atoms with Gasteiger partial charge in [-0.25, -0.2) is 0 Å². The SMILES string of the molecule is C1=CC2Oc3ccccc3N(C3C=CC=C(C4=CC(C5CCC(C6CC6)C=N5)CC=C4)C3)C2C=C1. The van der Waals surface area contributed by atoms with Gasteiger partial charge in [-0.1, -0.05) is 66.8 Å². The largest absolute Gasteiger partial charge is 0.482 e. The van der Waals surface area contributed by atoms with Gasteiger partial charge in [0.2, 0.25) is 0 Å². The van der Waals surface area contributed by atoms with E-state index in [0.29, 0.717) is 18.0 Å². The van der Waals surface area contributed by atoms with E-state index in [1.165, 1.54) is 42.5 Å². The number of hydrogen-bond donors (Lipinski definition) is 0. The van der Waals surface area contributed by atoms with Crippen LogP contribution < -0.4 is 9.64 Å². The van der Waals surface area contributed by atoms with E-state index in [1.807, 2.05) is 0 Å². The summed E-state index contributed by atoms with van der Waals surface area (Å²) in [6, 6.07) is 9.45. The van der Waals surface area contributed by atoms with E-state index in [4.69, 9.17) is 9.73 Å². The summed E-state index contributed by atoms with van der Waals surface area (Å²) >= 11 is 0. The van der Waals surface area contributed by atoms with Gasteiger partial charge in [0.1, 0.15) is 11.9 Å². The Kier molecular flexibility index (Phi) is 5.37. The Morgan fingerprint density at radius 3 is 2.71 bits per heavy atom. The summed E-state index contributed by atoms with van der Waals surface area (Å²) in [6.45, 7) is 0. The van der Waals surface area contributed by atoms with Crippen LogP contribution in [0.15, 0.2) is 101 Å². The van der Waals surface area contributed by atoms with Gasteiger partial charge < -0.3 is 9.64 Å². The van der Waals surface area contributed by atoms with Crippen molar-refractivity contribution in [1.82, 2.24) is 0 Å². The monoisotopic (exact) mass is 462 g/mol. The molecule has 0 amide bonds. The van der Waals surface area contributed by atoms with Crippen LogP contribution in [0.5, 0.6) is 5.75 Å². The van der Waals surface area contributed by atoms with Gasteiger partial charge in [0.25, 0.3) is 0 Å². The van der Waals surface area contributed by atoms with Crippen molar-refractivity contribution in [1.29, 1.82) is 0 Å². The molecular weight excluding hydrogens is 428 g/mol. The number of hydrogen-bond acceptors (Lipinski definition) is 3. The highest BCUT2D eigenvalue weighted by Gasteiger charge is 2.38. The lowest BCUT2D eigenvalue weighted by atomic mass is 9.81. The zero-order valence-corrected chi connectivity index (χ0v) is 20.2. The summed E-state index contributed by atoms with van der Waals surface area (Å²) in [6.07, 6.45) is 32.8. The summed E-state index contributed by atoms with van der Waals surface area (Å²) in [7, 11) is 0. The number of anilines is 1. The van der Waals surface area contributed by atoms with Crippen molar-refractivity contribution in [2.75, 3.05) is 4.90 Å². The second kappa shape index (κ2) is 8.86. The van der Waals surface area contributed by atoms with Crippen molar-refractivity contribution in [2.45, 2.75) is 62.8 Å². The Labute approximate surface area is 209 Å². The lowest BCUT2D eigenvalue weighted by molar-refractivity contribution is 0.207. The summed E-state index contributed by atoms with van der Waals surface area (Å²) in [5.74, 6) is 3.20. The topological polar surface area (TPSA) is 24.8 Å². The molecule has 0 bridgehead atoms. The van der Waals surface area contributed by atoms with Crippen molar-refractivity contribution in [3.63, 3.8) is 0 Å². The van der Waals surface area contributed by atoms with Crippen LogP contribution in [0.1, 0.15) is 38.5 Å². The van der Waals surface area contributed by atoms with E-state index >= 15 is 0 Å². The first kappa shape index (κ1) is 21.2. The van der Waals surface area contributed by atoms with Gasteiger partial charge in [-0.2, -0.15) is 0 Å². The molecule has 2 aliphatic heterocycles. The van der Waals surface area contributed by atoms with Gasteiger partial charge in [-0.15, -0.1) is 0 Å². The number of benzene rings is 1. The summed E-state index contributed by atoms with van der Waals surface area (Å²) in [4.78, 5) is 7.63. The van der Waals surface area contributed by atoms with Gasteiger partial charge in [0.15, 0.2) is 0 Å². The molecule has 0 aromatic heterocycles. The molecule has 1 saturated carbocycles. The van der Waals surface area contributed by atoms with Crippen LogP contribution in [-0.4, -0.2) is 30.4 Å². The summed E-state index contributed by atoms with van der Waals surface area (Å²) < 4.78 is 6.35. The number of aliphatic imine (C=N–C) groups is 1. The smallest absolute Gasteiger partial charge is 0.143 e. The lowest BCUT2D eigenvalue weighted by Crippen LogP contribution is -2.53. The molecule has 35 heavy (non-hydrogen) atoms. The molecule has 0 radical (unpaired) electrons. The van der Waals surface area contributed by atoms with Crippen LogP contribution in [0.25, 0.3) is 0 Å². The molecule has 7 rings (SSSR count). The van der Waals surface area contributed by atoms with Crippen molar-refractivity contribution in [2.24, 2.45) is 22.7 Å². The van der Waals surface area contributed by atoms with Crippen LogP contribution in [-0.2, 0) is 0 Å². The van der Waals surface area contributed by atoms with Gasteiger partial charge in [0, 0.05) is 12.1 Å². The molecular formula is C32H34N2O.